The van der Waals surface area contributed by atoms with Crippen molar-refractivity contribution in [1.29, 1.82) is 0 Å². The number of carbonyl (C=O) groups is 1. The molecule has 5 nitrogen and oxygen atoms in total. The Balaban J connectivity index is 0.00000128. The summed E-state index contributed by atoms with van der Waals surface area (Å²) < 4.78 is 5.69. The van der Waals surface area contributed by atoms with Crippen LogP contribution in [0.1, 0.15) is 10.4 Å². The largest absolute Gasteiger partial charge is 0.477 e. The molecule has 2 heterocycles. The molecule has 0 saturated heterocycles. The van der Waals surface area contributed by atoms with Crippen molar-refractivity contribution >= 4 is 39.7 Å². The van der Waals surface area contributed by atoms with Gasteiger partial charge >= 0.3 is 5.97 Å². The van der Waals surface area contributed by atoms with Crippen molar-refractivity contribution < 1.29 is 47.0 Å². The normalized spacial score (nSPS) is 9.81. The summed E-state index contributed by atoms with van der Waals surface area (Å²) in [6.07, 6.45) is 2.44. The number of aromatic nitrogens is 1. The van der Waals surface area contributed by atoms with Crippen molar-refractivity contribution in [3.05, 3.63) is 37.9 Å². The van der Waals surface area contributed by atoms with Gasteiger partial charge in [-0.2, -0.15) is 0 Å². The maximum atomic E-state index is 11.6. The van der Waals surface area contributed by atoms with Crippen molar-refractivity contribution in [2.45, 2.75) is 0 Å². The second-order valence-electron chi connectivity index (χ2n) is 2.79. The molecule has 0 aliphatic rings. The van der Waals surface area contributed by atoms with Gasteiger partial charge in [-0.05, 0) is 28.7 Å². The first-order valence-electron chi connectivity index (χ1n) is 3.90. The van der Waals surface area contributed by atoms with Crippen LogP contribution in [0.3, 0.4) is 0 Å². The second kappa shape index (κ2) is 5.33. The molecule has 0 amide bonds. The molecule has 7 heteroatoms. The number of nitrogens with zero attached hydrogens (tertiary/aromatic N) is 1. The van der Waals surface area contributed by atoms with E-state index in [2.05, 4.69) is 4.98 Å². The molecular weight excluding hydrogens is 402 g/mol. The number of halogens is 1. The van der Waals surface area contributed by atoms with Crippen LogP contribution in [0.25, 0.3) is 11.1 Å². The zero-order valence-electron chi connectivity index (χ0n) is 7.81. The van der Waals surface area contributed by atoms with E-state index in [0.29, 0.717) is 0 Å². The summed E-state index contributed by atoms with van der Waals surface area (Å²) in [5.41, 5.74) is -0.813. The molecule has 0 spiro atoms. The Bertz CT molecular complexity index is 610. The van der Waals surface area contributed by atoms with Crippen LogP contribution >= 0.6 is 22.6 Å². The van der Waals surface area contributed by atoms with Crippen LogP contribution < -0.4 is 5.43 Å². The van der Waals surface area contributed by atoms with Gasteiger partial charge in [0.1, 0.15) is 11.8 Å². The molecule has 2 aromatic rings. The Labute approximate surface area is 128 Å². The Morgan fingerprint density at radius 2 is 2.19 bits per heavy atom. The zero-order chi connectivity index (χ0) is 11.0. The third-order valence-corrected chi connectivity index (χ3v) is 2.42. The summed E-state index contributed by atoms with van der Waals surface area (Å²) >= 11 is 1.98. The molecular formula is C9H4INO4Y. The van der Waals surface area contributed by atoms with Gasteiger partial charge in [-0.25, -0.2) is 9.78 Å². The van der Waals surface area contributed by atoms with Crippen LogP contribution in [0.15, 0.2) is 27.7 Å². The van der Waals surface area contributed by atoms with Gasteiger partial charge in [-0.15, -0.1) is 0 Å². The Kier molecular flexibility index (Phi) is 4.57. The fraction of sp³-hybridized carbons (Fsp3) is 0. The minimum Gasteiger partial charge on any atom is -0.477 e. The average molecular weight is 406 g/mol. The van der Waals surface area contributed by atoms with Crippen molar-refractivity contribution in [2.75, 3.05) is 0 Å². The second-order valence-corrected chi connectivity index (χ2v) is 4.04. The number of hydrogen-bond donors (Lipinski definition) is 1. The molecule has 79 valence electrons. The van der Waals surface area contributed by atoms with Crippen LogP contribution in [0.5, 0.6) is 0 Å². The first-order chi connectivity index (χ1) is 7.09. The summed E-state index contributed by atoms with van der Waals surface area (Å²) in [4.78, 5) is 26.2. The van der Waals surface area contributed by atoms with Crippen LogP contribution in [-0.4, -0.2) is 16.1 Å². The quantitative estimate of drug-likeness (QED) is 0.727. The molecule has 0 bridgehead atoms. The van der Waals surface area contributed by atoms with Gasteiger partial charge in [-0.1, -0.05) is 0 Å². The predicted molar refractivity (Wildman–Crippen MR) is 60.0 cm³/mol. The first-order valence-corrected chi connectivity index (χ1v) is 4.98. The molecule has 0 saturated carbocycles. The minimum absolute atomic E-state index is 0. The van der Waals surface area contributed by atoms with Gasteiger partial charge in [0.2, 0.25) is 11.1 Å². The van der Waals surface area contributed by atoms with Crippen LogP contribution in [0.2, 0.25) is 0 Å². The van der Waals surface area contributed by atoms with Crippen LogP contribution in [0.4, 0.5) is 0 Å². The fourth-order valence-electron chi connectivity index (χ4n) is 1.14. The van der Waals surface area contributed by atoms with Crippen molar-refractivity contribution in [3.63, 3.8) is 0 Å². The topological polar surface area (TPSA) is 80.4 Å². The van der Waals surface area contributed by atoms with E-state index in [1.807, 2.05) is 22.6 Å². The molecule has 16 heavy (non-hydrogen) atoms. The zero-order valence-corrected chi connectivity index (χ0v) is 12.8. The Hall–Kier alpha value is -0.336. The average Bonchev–Trinajstić information content (AvgIpc) is 2.19. The predicted octanol–water partition coefficient (Wildman–Crippen LogP) is 1.49. The van der Waals surface area contributed by atoms with Crippen molar-refractivity contribution in [2.24, 2.45) is 0 Å². The molecule has 0 fully saturated rings. The monoisotopic (exact) mass is 406 g/mol. The SMILES string of the molecule is O=C(O)c1coc2ncc(I)cc2c1=O.[Y]. The number of rotatable bonds is 1. The summed E-state index contributed by atoms with van der Waals surface area (Å²) in [5.74, 6) is -1.30. The number of carboxylic acid groups (broad SMARTS) is 1. The standard InChI is InChI=1S/C9H4INO4.Y/c10-4-1-5-7(12)6(9(13)14)3-15-8(5)11-2-4;/h1-3H,(H,13,14);. The van der Waals surface area contributed by atoms with E-state index in [-0.39, 0.29) is 49.4 Å². The van der Waals surface area contributed by atoms with Gasteiger partial charge in [0.25, 0.3) is 0 Å². The Morgan fingerprint density at radius 3 is 2.81 bits per heavy atom. The summed E-state index contributed by atoms with van der Waals surface area (Å²) in [6, 6.07) is 1.54. The molecule has 0 aliphatic heterocycles. The van der Waals surface area contributed by atoms with E-state index in [1.165, 1.54) is 6.20 Å². The molecule has 0 aromatic carbocycles. The summed E-state index contributed by atoms with van der Waals surface area (Å²) in [5, 5.41) is 8.89. The van der Waals surface area contributed by atoms with Gasteiger partial charge in [0, 0.05) is 42.5 Å². The van der Waals surface area contributed by atoms with Crippen molar-refractivity contribution in [3.8, 4) is 0 Å². The number of hydrogen-bond acceptors (Lipinski definition) is 4. The van der Waals surface area contributed by atoms with E-state index in [4.69, 9.17) is 9.52 Å². The van der Waals surface area contributed by atoms with E-state index in [9.17, 15) is 9.59 Å². The number of pyridine rings is 1. The van der Waals surface area contributed by atoms with Gasteiger partial charge in [0.15, 0.2) is 0 Å². The molecule has 1 N–H and O–H groups in total. The molecule has 0 aliphatic carbocycles. The molecule has 2 rings (SSSR count). The number of carboxylic acids is 1. The molecule has 0 atom stereocenters. The summed E-state index contributed by atoms with van der Waals surface area (Å²) in [6.45, 7) is 0. The van der Waals surface area contributed by atoms with Crippen molar-refractivity contribution in [1.82, 2.24) is 4.98 Å². The molecule has 1 radical (unpaired) electrons. The van der Waals surface area contributed by atoms with E-state index < -0.39 is 11.4 Å². The maximum absolute atomic E-state index is 11.6. The molecule has 0 unspecified atom stereocenters. The minimum atomic E-state index is -1.30. The smallest absolute Gasteiger partial charge is 0.342 e. The van der Waals surface area contributed by atoms with Gasteiger partial charge in [0.05, 0.1) is 5.39 Å². The van der Waals surface area contributed by atoms with E-state index >= 15 is 0 Å². The third-order valence-electron chi connectivity index (χ3n) is 1.83. The molecule has 2 aromatic heterocycles. The first kappa shape index (κ1) is 13.7. The van der Waals surface area contributed by atoms with Gasteiger partial charge in [-0.3, -0.25) is 4.79 Å². The van der Waals surface area contributed by atoms with E-state index in [1.54, 1.807) is 6.07 Å². The number of fused-ring (bicyclic) bond motifs is 1. The maximum Gasteiger partial charge on any atom is 0.342 e. The van der Waals surface area contributed by atoms with Crippen LogP contribution in [-0.2, 0) is 32.7 Å². The summed E-state index contributed by atoms with van der Waals surface area (Å²) in [7, 11) is 0. The van der Waals surface area contributed by atoms with Gasteiger partial charge < -0.3 is 9.52 Å². The third kappa shape index (κ3) is 2.49. The number of aromatic carboxylic acids is 1. The Morgan fingerprint density at radius 1 is 1.50 bits per heavy atom. The van der Waals surface area contributed by atoms with E-state index in [0.717, 1.165) is 9.83 Å². The fourth-order valence-corrected chi connectivity index (χ4v) is 1.59. The van der Waals surface area contributed by atoms with Crippen LogP contribution in [0, 0.1) is 3.57 Å².